The summed E-state index contributed by atoms with van der Waals surface area (Å²) < 4.78 is 42.3. The molecule has 0 unspecified atom stereocenters. The first-order valence-corrected chi connectivity index (χ1v) is 7.08. The quantitative estimate of drug-likeness (QED) is 0.864. The van der Waals surface area contributed by atoms with Crippen LogP contribution in [0.1, 0.15) is 36.9 Å². The normalized spacial score (nSPS) is 11.4. The Labute approximate surface area is 136 Å². The van der Waals surface area contributed by atoms with Crippen molar-refractivity contribution in [3.8, 4) is 0 Å². The van der Waals surface area contributed by atoms with E-state index >= 15 is 0 Å². The summed E-state index contributed by atoms with van der Waals surface area (Å²) in [7, 11) is 1.05. The van der Waals surface area contributed by atoms with Gasteiger partial charge in [-0.2, -0.15) is 0 Å². The highest BCUT2D eigenvalue weighted by Crippen LogP contribution is 2.28. The summed E-state index contributed by atoms with van der Waals surface area (Å²) in [5.74, 6) is -3.41. The Bertz CT molecular complexity index is 792. The van der Waals surface area contributed by atoms with Gasteiger partial charge in [-0.25, -0.2) is 18.4 Å². The van der Waals surface area contributed by atoms with E-state index in [1.54, 1.807) is 20.8 Å². The van der Waals surface area contributed by atoms with Gasteiger partial charge in [-0.15, -0.1) is 0 Å². The van der Waals surface area contributed by atoms with Crippen molar-refractivity contribution in [2.24, 2.45) is 0 Å². The molecule has 2 aromatic rings. The Morgan fingerprint density at radius 1 is 1.25 bits per heavy atom. The van der Waals surface area contributed by atoms with Crippen LogP contribution >= 0.6 is 0 Å². The van der Waals surface area contributed by atoms with Gasteiger partial charge in [0.25, 0.3) is 0 Å². The number of amides is 1. The van der Waals surface area contributed by atoms with E-state index < -0.39 is 34.9 Å². The zero-order valence-electron chi connectivity index (χ0n) is 13.7. The number of hydrogen-bond donors (Lipinski definition) is 1. The number of fused-ring (bicyclic) bond motifs is 1. The Hall–Kier alpha value is -2.64. The van der Waals surface area contributed by atoms with Crippen LogP contribution in [0.25, 0.3) is 11.0 Å². The van der Waals surface area contributed by atoms with Crippen molar-refractivity contribution in [3.63, 3.8) is 0 Å². The van der Waals surface area contributed by atoms with Crippen LogP contribution in [-0.2, 0) is 16.0 Å². The van der Waals surface area contributed by atoms with E-state index in [-0.39, 0.29) is 23.3 Å². The number of ether oxygens (including phenoxy) is 2. The zero-order chi connectivity index (χ0) is 18.1. The lowest BCUT2D eigenvalue weighted by atomic mass is 10.1. The predicted molar refractivity (Wildman–Crippen MR) is 80.5 cm³/mol. The van der Waals surface area contributed by atoms with Crippen LogP contribution < -0.4 is 5.32 Å². The van der Waals surface area contributed by atoms with Crippen molar-refractivity contribution in [1.82, 2.24) is 5.32 Å². The maximum atomic E-state index is 13.9. The van der Waals surface area contributed by atoms with Gasteiger partial charge in [0, 0.05) is 5.39 Å². The molecule has 1 N–H and O–H groups in total. The topological polar surface area (TPSA) is 77.8 Å². The highest BCUT2D eigenvalue weighted by atomic mass is 19.2. The molecule has 1 aromatic carbocycles. The molecule has 0 saturated heterocycles. The molecule has 24 heavy (non-hydrogen) atoms. The summed E-state index contributed by atoms with van der Waals surface area (Å²) in [5, 5.41) is 2.63. The van der Waals surface area contributed by atoms with Gasteiger partial charge in [0.05, 0.1) is 13.7 Å². The van der Waals surface area contributed by atoms with Gasteiger partial charge in [0.15, 0.2) is 17.2 Å². The molecule has 0 spiro atoms. The Kier molecular flexibility index (Phi) is 4.77. The number of benzene rings is 1. The van der Waals surface area contributed by atoms with Crippen molar-refractivity contribution in [2.45, 2.75) is 32.9 Å². The van der Waals surface area contributed by atoms with Gasteiger partial charge >= 0.3 is 12.1 Å². The molecule has 0 aliphatic heterocycles. The lowest BCUT2D eigenvalue weighted by molar-refractivity contribution is 0.0518. The number of methoxy groups -OCH3 is 1. The molecule has 2 rings (SSSR count). The zero-order valence-corrected chi connectivity index (χ0v) is 13.7. The van der Waals surface area contributed by atoms with Crippen LogP contribution in [0.4, 0.5) is 13.6 Å². The largest absolute Gasteiger partial charge is 0.465 e. The highest BCUT2D eigenvalue weighted by molar-refractivity contribution is 6.02. The molecular formula is C16H17F2NO5. The van der Waals surface area contributed by atoms with Crippen LogP contribution in [-0.4, -0.2) is 24.8 Å². The van der Waals surface area contributed by atoms with Gasteiger partial charge < -0.3 is 19.2 Å². The second kappa shape index (κ2) is 6.46. The summed E-state index contributed by atoms with van der Waals surface area (Å²) in [6.07, 6.45) is -0.673. The number of furan rings is 1. The molecule has 1 heterocycles. The van der Waals surface area contributed by atoms with Crippen molar-refractivity contribution >= 4 is 23.0 Å². The minimum Gasteiger partial charge on any atom is -0.465 e. The molecule has 8 heteroatoms. The van der Waals surface area contributed by atoms with Gasteiger partial charge in [-0.05, 0) is 32.9 Å². The molecule has 0 radical (unpaired) electrons. The Morgan fingerprint density at radius 3 is 2.50 bits per heavy atom. The lowest BCUT2D eigenvalue weighted by Crippen LogP contribution is -2.32. The van der Waals surface area contributed by atoms with Crippen LogP contribution in [0, 0.1) is 11.6 Å². The second-order valence-electron chi connectivity index (χ2n) is 6.03. The molecule has 1 amide bonds. The fourth-order valence-electron chi connectivity index (χ4n) is 2.02. The van der Waals surface area contributed by atoms with Crippen LogP contribution in [0.5, 0.6) is 0 Å². The predicted octanol–water partition coefficient (Wildman–Crippen LogP) is 3.52. The van der Waals surface area contributed by atoms with E-state index in [0.717, 1.165) is 13.2 Å². The number of nitrogens with one attached hydrogen (secondary N) is 1. The van der Waals surface area contributed by atoms with Crippen molar-refractivity contribution in [1.29, 1.82) is 0 Å². The number of esters is 1. The molecular weight excluding hydrogens is 324 g/mol. The number of alkyl carbamates (subject to hydrolysis) is 1. The molecule has 0 atom stereocenters. The van der Waals surface area contributed by atoms with E-state index in [0.29, 0.717) is 0 Å². The molecule has 0 aliphatic carbocycles. The Balaban J connectivity index is 2.28. The number of rotatable bonds is 3. The van der Waals surface area contributed by atoms with Gasteiger partial charge in [0.1, 0.15) is 16.9 Å². The number of halogens is 2. The Morgan fingerprint density at radius 2 is 1.92 bits per heavy atom. The van der Waals surface area contributed by atoms with Crippen molar-refractivity contribution in [2.75, 3.05) is 7.11 Å². The van der Waals surface area contributed by atoms with Crippen molar-refractivity contribution in [3.05, 3.63) is 35.1 Å². The smallest absolute Gasteiger partial charge is 0.408 e. The first-order valence-electron chi connectivity index (χ1n) is 7.08. The SMILES string of the molecule is COC(=O)c1c(F)c(F)cc2cc(CNC(=O)OC(C)(C)C)oc12. The molecule has 1 aromatic heterocycles. The second-order valence-corrected chi connectivity index (χ2v) is 6.03. The summed E-state index contributed by atoms with van der Waals surface area (Å²) in [5.41, 5.74) is -1.44. The first kappa shape index (κ1) is 17.7. The third-order valence-electron chi connectivity index (χ3n) is 2.95. The number of hydrogen-bond acceptors (Lipinski definition) is 5. The van der Waals surface area contributed by atoms with Gasteiger partial charge in [0.2, 0.25) is 0 Å². The number of carbonyl (C=O) groups is 2. The highest BCUT2D eigenvalue weighted by Gasteiger charge is 2.24. The summed E-state index contributed by atoms with van der Waals surface area (Å²) in [4.78, 5) is 23.3. The summed E-state index contributed by atoms with van der Waals surface area (Å²) in [6.45, 7) is 5.05. The first-order chi connectivity index (χ1) is 11.1. The van der Waals surface area contributed by atoms with Gasteiger partial charge in [-0.3, -0.25) is 0 Å². The molecule has 0 aliphatic rings. The van der Waals surface area contributed by atoms with Crippen LogP contribution in [0.2, 0.25) is 0 Å². The fraction of sp³-hybridized carbons (Fsp3) is 0.375. The van der Waals surface area contributed by atoms with E-state index in [9.17, 15) is 18.4 Å². The van der Waals surface area contributed by atoms with E-state index in [1.807, 2.05) is 0 Å². The maximum Gasteiger partial charge on any atom is 0.408 e. The molecule has 0 saturated carbocycles. The van der Waals surface area contributed by atoms with Gasteiger partial charge in [-0.1, -0.05) is 0 Å². The fourth-order valence-corrected chi connectivity index (χ4v) is 2.02. The monoisotopic (exact) mass is 341 g/mol. The average molecular weight is 341 g/mol. The molecule has 0 fully saturated rings. The summed E-state index contributed by atoms with van der Waals surface area (Å²) in [6, 6.07) is 2.29. The van der Waals surface area contributed by atoms with Crippen LogP contribution in [0.3, 0.4) is 0 Å². The molecule has 130 valence electrons. The summed E-state index contributed by atoms with van der Waals surface area (Å²) >= 11 is 0. The number of carbonyl (C=O) groups excluding carboxylic acids is 2. The van der Waals surface area contributed by atoms with Crippen molar-refractivity contribution < 1.29 is 32.3 Å². The maximum absolute atomic E-state index is 13.9. The lowest BCUT2D eigenvalue weighted by Gasteiger charge is -2.19. The molecule has 6 nitrogen and oxygen atoms in total. The third-order valence-corrected chi connectivity index (χ3v) is 2.95. The minimum atomic E-state index is -1.35. The standard InChI is InChI=1S/C16H17F2NO5/c1-16(2,3)24-15(21)19-7-9-5-8-6-10(17)12(18)11(13(8)23-9)14(20)22-4/h5-6H,7H2,1-4H3,(H,19,21). The van der Waals surface area contributed by atoms with Crippen LogP contribution in [0.15, 0.2) is 16.5 Å². The third kappa shape index (κ3) is 3.81. The molecule has 0 bridgehead atoms. The minimum absolute atomic E-state index is 0.0759. The van der Waals surface area contributed by atoms with E-state index in [4.69, 9.17) is 9.15 Å². The van der Waals surface area contributed by atoms with E-state index in [1.165, 1.54) is 6.07 Å². The van der Waals surface area contributed by atoms with E-state index in [2.05, 4.69) is 10.1 Å². The average Bonchev–Trinajstić information content (AvgIpc) is 2.86.